The normalized spacial score (nSPS) is 14.5. The number of hydrogen-bond acceptors (Lipinski definition) is 5. The van der Waals surface area contributed by atoms with Gasteiger partial charge >= 0.3 is 0 Å². The number of anilines is 1. The summed E-state index contributed by atoms with van der Waals surface area (Å²) in [5, 5.41) is 4.06. The number of carbonyl (C=O) groups excluding carboxylic acids is 2. The highest BCUT2D eigenvalue weighted by Gasteiger charge is 2.34. The number of benzene rings is 3. The molecule has 0 aromatic heterocycles. The Bertz CT molecular complexity index is 1550. The molecule has 43 heavy (non-hydrogen) atoms. The van der Waals surface area contributed by atoms with E-state index in [1.54, 1.807) is 49.4 Å². The van der Waals surface area contributed by atoms with Gasteiger partial charge in [0.1, 0.15) is 18.3 Å². The quantitative estimate of drug-likeness (QED) is 0.245. The Morgan fingerprint density at radius 2 is 1.60 bits per heavy atom. The molecule has 0 bridgehead atoms. The number of nitrogens with zero attached hydrogens (tertiary/aromatic N) is 2. The number of carbonyl (C=O) groups is 2. The van der Waals surface area contributed by atoms with Gasteiger partial charge in [-0.1, -0.05) is 78.3 Å². The maximum Gasteiger partial charge on any atom is 0.264 e. The zero-order valence-corrected chi connectivity index (χ0v) is 27.0. The summed E-state index contributed by atoms with van der Waals surface area (Å²) >= 11 is 18.9. The maximum atomic E-state index is 14.2. The topological polar surface area (TPSA) is 96.0 Å². The molecular weight excluding hydrogens is 633 g/mol. The fourth-order valence-electron chi connectivity index (χ4n) is 5.08. The average molecular weight is 667 g/mol. The van der Waals surface area contributed by atoms with Gasteiger partial charge in [-0.15, -0.1) is 0 Å². The predicted octanol–water partition coefficient (Wildman–Crippen LogP) is 6.72. The molecule has 1 aliphatic rings. The minimum atomic E-state index is -4.28. The molecule has 12 heteroatoms. The molecule has 0 radical (unpaired) electrons. The van der Waals surface area contributed by atoms with E-state index in [0.29, 0.717) is 15.6 Å². The zero-order valence-electron chi connectivity index (χ0n) is 23.9. The summed E-state index contributed by atoms with van der Waals surface area (Å²) in [6, 6.07) is 16.2. The van der Waals surface area contributed by atoms with Gasteiger partial charge in [0.15, 0.2) is 0 Å². The molecule has 0 spiro atoms. The molecule has 0 aliphatic heterocycles. The molecule has 1 atom stereocenters. The molecule has 3 aromatic carbocycles. The fourth-order valence-corrected chi connectivity index (χ4v) is 7.15. The predicted molar refractivity (Wildman–Crippen MR) is 170 cm³/mol. The van der Waals surface area contributed by atoms with Gasteiger partial charge in [0.05, 0.1) is 17.7 Å². The van der Waals surface area contributed by atoms with Crippen molar-refractivity contribution in [2.45, 2.75) is 62.6 Å². The van der Waals surface area contributed by atoms with Crippen molar-refractivity contribution in [3.05, 3.63) is 87.4 Å². The van der Waals surface area contributed by atoms with Crippen molar-refractivity contribution in [2.24, 2.45) is 0 Å². The second-order valence-electron chi connectivity index (χ2n) is 10.4. The first kappa shape index (κ1) is 32.9. The summed E-state index contributed by atoms with van der Waals surface area (Å²) < 4.78 is 34.5. The van der Waals surface area contributed by atoms with E-state index in [-0.39, 0.29) is 39.8 Å². The van der Waals surface area contributed by atoms with Crippen LogP contribution in [0.4, 0.5) is 5.69 Å². The van der Waals surface area contributed by atoms with Gasteiger partial charge in [-0.05, 0) is 67.8 Å². The number of nitrogens with one attached hydrogen (secondary N) is 1. The monoisotopic (exact) mass is 665 g/mol. The lowest BCUT2D eigenvalue weighted by atomic mass is 9.95. The first-order valence-electron chi connectivity index (χ1n) is 14.0. The van der Waals surface area contributed by atoms with Crippen LogP contribution in [0.5, 0.6) is 5.75 Å². The minimum Gasteiger partial charge on any atom is -0.495 e. The van der Waals surface area contributed by atoms with E-state index >= 15 is 0 Å². The van der Waals surface area contributed by atoms with Crippen LogP contribution in [0.15, 0.2) is 71.6 Å². The van der Waals surface area contributed by atoms with Gasteiger partial charge < -0.3 is 15.0 Å². The van der Waals surface area contributed by atoms with Crippen molar-refractivity contribution < 1.29 is 22.7 Å². The van der Waals surface area contributed by atoms with Gasteiger partial charge in [0.25, 0.3) is 10.0 Å². The SMILES string of the molecule is COc1ccc(Cl)cc1N(CC(=O)N(Cc1ccc(Cl)cc1Cl)C(C)C(=O)NC1CCCCC1)S(=O)(=O)c1ccccc1. The van der Waals surface area contributed by atoms with E-state index in [9.17, 15) is 18.0 Å². The lowest BCUT2D eigenvalue weighted by Crippen LogP contribution is -2.53. The largest absolute Gasteiger partial charge is 0.495 e. The van der Waals surface area contributed by atoms with Crippen molar-refractivity contribution in [1.29, 1.82) is 0 Å². The Morgan fingerprint density at radius 1 is 0.953 bits per heavy atom. The molecule has 0 heterocycles. The average Bonchev–Trinajstić information content (AvgIpc) is 3.00. The molecule has 1 aliphatic carbocycles. The number of hydrogen-bond donors (Lipinski definition) is 1. The lowest BCUT2D eigenvalue weighted by molar-refractivity contribution is -0.139. The van der Waals surface area contributed by atoms with Gasteiger partial charge in [0, 0.05) is 27.7 Å². The van der Waals surface area contributed by atoms with Crippen molar-refractivity contribution >= 4 is 62.3 Å². The molecule has 3 aromatic rings. The highest BCUT2D eigenvalue weighted by Crippen LogP contribution is 2.35. The van der Waals surface area contributed by atoms with Crippen LogP contribution in [0.2, 0.25) is 15.1 Å². The van der Waals surface area contributed by atoms with E-state index in [1.807, 2.05) is 0 Å². The summed E-state index contributed by atoms with van der Waals surface area (Å²) in [5.41, 5.74) is 0.630. The molecule has 1 N–H and O–H groups in total. The Kier molecular flexibility index (Phi) is 11.2. The third-order valence-corrected chi connectivity index (χ3v) is 10.1. The van der Waals surface area contributed by atoms with Crippen molar-refractivity contribution in [3.63, 3.8) is 0 Å². The molecule has 4 rings (SSSR count). The van der Waals surface area contributed by atoms with Crippen LogP contribution < -0.4 is 14.4 Å². The molecule has 0 saturated heterocycles. The summed E-state index contributed by atoms with van der Waals surface area (Å²) in [5.74, 6) is -0.755. The molecule has 230 valence electrons. The van der Waals surface area contributed by atoms with E-state index in [0.717, 1.165) is 36.4 Å². The molecule has 1 fully saturated rings. The van der Waals surface area contributed by atoms with Crippen LogP contribution in [0.3, 0.4) is 0 Å². The minimum absolute atomic E-state index is 0.0189. The standard InChI is InChI=1S/C31H34Cl3N3O5S/c1-21(31(39)35-25-9-5-3-6-10-25)36(19-22-13-14-23(32)17-27(22)34)30(38)20-37(28-18-24(33)15-16-29(28)42-2)43(40,41)26-11-7-4-8-12-26/h4,7-8,11-18,21,25H,3,5-6,9-10,19-20H2,1-2H3,(H,35,39). The van der Waals surface area contributed by atoms with Gasteiger partial charge in [-0.2, -0.15) is 0 Å². The number of sulfonamides is 1. The third-order valence-electron chi connectivity index (χ3n) is 7.49. The first-order valence-corrected chi connectivity index (χ1v) is 16.5. The van der Waals surface area contributed by atoms with Crippen LogP contribution >= 0.6 is 34.8 Å². The van der Waals surface area contributed by atoms with Gasteiger partial charge in [0.2, 0.25) is 11.8 Å². The van der Waals surface area contributed by atoms with Crippen molar-refractivity contribution in [1.82, 2.24) is 10.2 Å². The summed E-state index contributed by atoms with van der Waals surface area (Å²) in [7, 11) is -2.89. The highest BCUT2D eigenvalue weighted by atomic mass is 35.5. The molecule has 1 saturated carbocycles. The fraction of sp³-hybridized carbons (Fsp3) is 0.355. The Labute approximate surface area is 267 Å². The number of rotatable bonds is 11. The van der Waals surface area contributed by atoms with Crippen LogP contribution in [0.1, 0.15) is 44.6 Å². The first-order chi connectivity index (χ1) is 20.5. The Hall–Kier alpha value is -2.98. The lowest BCUT2D eigenvalue weighted by Gasteiger charge is -2.33. The van der Waals surface area contributed by atoms with E-state index < -0.39 is 28.5 Å². The van der Waals surface area contributed by atoms with Crippen molar-refractivity contribution in [2.75, 3.05) is 18.0 Å². The van der Waals surface area contributed by atoms with E-state index in [4.69, 9.17) is 39.5 Å². The molecule has 1 unspecified atom stereocenters. The smallest absolute Gasteiger partial charge is 0.264 e. The van der Waals surface area contributed by atoms with Gasteiger partial charge in [-0.3, -0.25) is 13.9 Å². The van der Waals surface area contributed by atoms with Crippen molar-refractivity contribution in [3.8, 4) is 5.75 Å². The van der Waals surface area contributed by atoms with E-state index in [2.05, 4.69) is 5.32 Å². The summed E-state index contributed by atoms with van der Waals surface area (Å²) in [4.78, 5) is 29.0. The Morgan fingerprint density at radius 3 is 2.26 bits per heavy atom. The summed E-state index contributed by atoms with van der Waals surface area (Å²) in [6.45, 7) is 0.927. The van der Waals surface area contributed by atoms with E-state index in [1.165, 1.54) is 36.3 Å². The number of ether oxygens (including phenoxy) is 1. The Balaban J connectivity index is 1.74. The highest BCUT2D eigenvalue weighted by molar-refractivity contribution is 7.92. The molecule has 8 nitrogen and oxygen atoms in total. The number of halogens is 3. The molecular formula is C31H34Cl3N3O5S. The zero-order chi connectivity index (χ0) is 31.1. The second-order valence-corrected chi connectivity index (χ2v) is 13.6. The summed E-state index contributed by atoms with van der Waals surface area (Å²) in [6.07, 6.45) is 4.91. The second kappa shape index (κ2) is 14.7. The number of amides is 2. The van der Waals surface area contributed by atoms with Gasteiger partial charge in [-0.25, -0.2) is 8.42 Å². The number of methoxy groups -OCH3 is 1. The maximum absolute atomic E-state index is 14.2. The van der Waals surface area contributed by atoms with Crippen LogP contribution in [-0.2, 0) is 26.2 Å². The molecule has 2 amide bonds. The van der Waals surface area contributed by atoms with Crippen LogP contribution in [0.25, 0.3) is 0 Å². The van der Waals surface area contributed by atoms with Crippen LogP contribution in [-0.4, -0.2) is 50.9 Å². The van der Waals surface area contributed by atoms with Crippen LogP contribution in [0, 0.1) is 0 Å². The third kappa shape index (κ3) is 8.15.